The van der Waals surface area contributed by atoms with E-state index in [4.69, 9.17) is 4.43 Å². The highest BCUT2D eigenvalue weighted by molar-refractivity contribution is 6.74. The van der Waals surface area contributed by atoms with Gasteiger partial charge in [-0.25, -0.2) is 0 Å². The van der Waals surface area contributed by atoms with Gasteiger partial charge in [-0.05, 0) is 73.5 Å². The van der Waals surface area contributed by atoms with E-state index in [9.17, 15) is 0 Å². The van der Waals surface area contributed by atoms with Crippen molar-refractivity contribution in [3.05, 3.63) is 23.3 Å². The molecule has 0 aromatic carbocycles. The van der Waals surface area contributed by atoms with Crippen LogP contribution in [0.4, 0.5) is 0 Å². The summed E-state index contributed by atoms with van der Waals surface area (Å²) < 4.78 is 6.59. The average Bonchev–Trinajstić information content (AvgIpc) is 2.69. The van der Waals surface area contributed by atoms with Gasteiger partial charge in [0.2, 0.25) is 0 Å². The molecule has 0 N–H and O–H groups in total. The van der Waals surface area contributed by atoms with Crippen LogP contribution in [0.2, 0.25) is 18.1 Å². The fraction of sp³-hybridized carbons (Fsp3) is 0.765. The van der Waals surface area contributed by atoms with Gasteiger partial charge in [-0.2, -0.15) is 0 Å². The number of fused-ring (bicyclic) bond motifs is 1. The topological polar surface area (TPSA) is 9.23 Å². The van der Waals surface area contributed by atoms with Gasteiger partial charge in [0.25, 0.3) is 0 Å². The predicted octanol–water partition coefficient (Wildman–Crippen LogP) is 5.60. The molecule has 0 unspecified atom stereocenters. The van der Waals surface area contributed by atoms with Crippen molar-refractivity contribution in [2.45, 2.75) is 83.5 Å². The Bertz CT molecular complexity index is 368. The molecule has 2 rings (SSSR count). The Morgan fingerprint density at radius 3 is 2.16 bits per heavy atom. The molecule has 2 aliphatic rings. The Labute approximate surface area is 120 Å². The van der Waals surface area contributed by atoms with Crippen LogP contribution in [-0.2, 0) is 4.43 Å². The summed E-state index contributed by atoms with van der Waals surface area (Å²) in [6, 6.07) is 0. The van der Waals surface area contributed by atoms with E-state index in [-0.39, 0.29) is 6.10 Å². The van der Waals surface area contributed by atoms with Crippen LogP contribution in [0, 0.1) is 0 Å². The van der Waals surface area contributed by atoms with Crippen LogP contribution in [0.15, 0.2) is 23.3 Å². The molecule has 19 heavy (non-hydrogen) atoms. The van der Waals surface area contributed by atoms with Crippen LogP contribution in [-0.4, -0.2) is 14.4 Å². The highest BCUT2D eigenvalue weighted by Gasteiger charge is 2.42. The summed E-state index contributed by atoms with van der Waals surface area (Å²) in [7, 11) is -1.67. The van der Waals surface area contributed by atoms with Crippen LogP contribution in [0.1, 0.15) is 59.3 Å². The monoisotopic (exact) mass is 278 g/mol. The summed E-state index contributed by atoms with van der Waals surface area (Å²) >= 11 is 0. The zero-order valence-corrected chi connectivity index (χ0v) is 14.4. The lowest BCUT2D eigenvalue weighted by Crippen LogP contribution is -2.44. The van der Waals surface area contributed by atoms with Crippen LogP contribution in [0.25, 0.3) is 0 Å². The Morgan fingerprint density at radius 2 is 1.68 bits per heavy atom. The molecule has 0 aliphatic heterocycles. The Morgan fingerprint density at radius 1 is 1.16 bits per heavy atom. The molecule has 0 saturated heterocycles. The van der Waals surface area contributed by atoms with Gasteiger partial charge in [0.05, 0.1) is 6.10 Å². The van der Waals surface area contributed by atoms with Crippen molar-refractivity contribution in [2.75, 3.05) is 0 Å². The van der Waals surface area contributed by atoms with Gasteiger partial charge in [0.1, 0.15) is 0 Å². The predicted molar refractivity (Wildman–Crippen MR) is 85.9 cm³/mol. The van der Waals surface area contributed by atoms with Crippen LogP contribution >= 0.6 is 0 Å². The zero-order valence-electron chi connectivity index (χ0n) is 13.4. The van der Waals surface area contributed by atoms with E-state index in [1.165, 1.54) is 38.5 Å². The lowest BCUT2D eigenvalue weighted by molar-refractivity contribution is 0.262. The lowest BCUT2D eigenvalue weighted by Gasteiger charge is -2.40. The number of hydrogen-bond acceptors (Lipinski definition) is 1. The van der Waals surface area contributed by atoms with E-state index < -0.39 is 8.32 Å². The van der Waals surface area contributed by atoms with E-state index in [1.54, 1.807) is 11.1 Å². The number of hydrogen-bond donors (Lipinski definition) is 0. The third-order valence-electron chi connectivity index (χ3n) is 5.22. The minimum Gasteiger partial charge on any atom is -0.407 e. The minimum absolute atomic E-state index is 0.265. The zero-order chi connectivity index (χ0) is 14.1. The van der Waals surface area contributed by atoms with E-state index >= 15 is 0 Å². The van der Waals surface area contributed by atoms with Gasteiger partial charge in [0, 0.05) is 0 Å². The lowest BCUT2D eigenvalue weighted by atomic mass is 9.92. The summed E-state index contributed by atoms with van der Waals surface area (Å²) in [6.45, 7) is 11.8. The molecule has 0 heterocycles. The summed E-state index contributed by atoms with van der Waals surface area (Å²) in [6.07, 6.45) is 12.8. The molecule has 2 heteroatoms. The molecule has 108 valence electrons. The van der Waals surface area contributed by atoms with Gasteiger partial charge in [-0.15, -0.1) is 0 Å². The first kappa shape index (κ1) is 15.1. The molecule has 0 spiro atoms. The van der Waals surface area contributed by atoms with Gasteiger partial charge < -0.3 is 4.43 Å². The Balaban J connectivity index is 2.05. The average molecular weight is 279 g/mol. The molecule has 0 atom stereocenters. The van der Waals surface area contributed by atoms with Crippen LogP contribution in [0.3, 0.4) is 0 Å². The fourth-order valence-electron chi connectivity index (χ4n) is 3.27. The molecule has 1 fully saturated rings. The van der Waals surface area contributed by atoms with Gasteiger partial charge >= 0.3 is 0 Å². The first-order valence-electron chi connectivity index (χ1n) is 7.95. The second-order valence-electron chi connectivity index (χ2n) is 7.32. The highest BCUT2D eigenvalue weighted by atomic mass is 28.4. The molecule has 0 aromatic rings. The maximum atomic E-state index is 6.59. The second kappa shape index (κ2) is 5.57. The van der Waals surface area contributed by atoms with Crippen LogP contribution < -0.4 is 0 Å². The van der Waals surface area contributed by atoms with Crippen molar-refractivity contribution in [3.8, 4) is 0 Å². The molecule has 2 aliphatic carbocycles. The van der Waals surface area contributed by atoms with Crippen molar-refractivity contribution in [1.82, 2.24) is 0 Å². The second-order valence-corrected chi connectivity index (χ2v) is 11.9. The first-order chi connectivity index (χ1) is 8.86. The Kier molecular flexibility index (Phi) is 4.41. The van der Waals surface area contributed by atoms with Crippen molar-refractivity contribution < 1.29 is 4.43 Å². The van der Waals surface area contributed by atoms with Crippen molar-refractivity contribution >= 4 is 8.32 Å². The molecular formula is C17H30OSi. The molecule has 0 bridgehead atoms. The number of allylic oxidation sites excluding steroid dienone is 2. The van der Waals surface area contributed by atoms with Crippen LogP contribution in [0.5, 0.6) is 0 Å². The van der Waals surface area contributed by atoms with Gasteiger partial charge in [-0.3, -0.25) is 0 Å². The van der Waals surface area contributed by atoms with E-state index in [0.29, 0.717) is 5.04 Å². The summed E-state index contributed by atoms with van der Waals surface area (Å²) in [5.74, 6) is 0. The standard InChI is InChI=1S/C17H30OSi/c1-6-11-17(2,3)19(4,5)18-16-12-14-9-7-8-10-15(14)13-16/h12-13,16H,6-11H2,1-5H3. The van der Waals surface area contributed by atoms with Crippen molar-refractivity contribution in [3.63, 3.8) is 0 Å². The van der Waals surface area contributed by atoms with E-state index in [1.807, 2.05) is 0 Å². The normalized spacial score (nSPS) is 21.1. The maximum Gasteiger partial charge on any atom is 0.193 e. The molecule has 0 amide bonds. The summed E-state index contributed by atoms with van der Waals surface area (Å²) in [5, 5.41) is 0.354. The van der Waals surface area contributed by atoms with Gasteiger partial charge in [-0.1, -0.05) is 27.2 Å². The largest absolute Gasteiger partial charge is 0.407 e. The SMILES string of the molecule is CCCC(C)(C)[Si](C)(C)OC1C=C2CCCCC2=C1. The Hall–Kier alpha value is -0.343. The van der Waals surface area contributed by atoms with E-state index in [0.717, 1.165) is 0 Å². The fourth-order valence-corrected chi connectivity index (χ4v) is 5.26. The molecule has 1 saturated carbocycles. The summed E-state index contributed by atoms with van der Waals surface area (Å²) in [5.41, 5.74) is 3.16. The molecule has 0 aromatic heterocycles. The quantitative estimate of drug-likeness (QED) is 0.595. The number of rotatable bonds is 5. The first-order valence-corrected chi connectivity index (χ1v) is 10.9. The third kappa shape index (κ3) is 3.22. The summed E-state index contributed by atoms with van der Waals surface area (Å²) in [4.78, 5) is 0. The van der Waals surface area contributed by atoms with Crippen molar-refractivity contribution in [1.29, 1.82) is 0 Å². The molecule has 0 radical (unpaired) electrons. The van der Waals surface area contributed by atoms with Gasteiger partial charge in [0.15, 0.2) is 8.32 Å². The third-order valence-corrected chi connectivity index (χ3v) is 9.59. The molecule has 1 nitrogen and oxygen atoms in total. The molecular weight excluding hydrogens is 248 g/mol. The van der Waals surface area contributed by atoms with E-state index in [2.05, 4.69) is 46.0 Å². The smallest absolute Gasteiger partial charge is 0.193 e. The van der Waals surface area contributed by atoms with Crippen molar-refractivity contribution in [2.24, 2.45) is 0 Å². The highest BCUT2D eigenvalue weighted by Crippen LogP contribution is 2.44. The minimum atomic E-state index is -1.67. The maximum absolute atomic E-state index is 6.59.